The van der Waals surface area contributed by atoms with Crippen molar-refractivity contribution in [2.24, 2.45) is 29.6 Å². The van der Waals surface area contributed by atoms with Crippen molar-refractivity contribution in [1.82, 2.24) is 35.5 Å². The minimum Gasteiger partial charge on any atom is -0.467 e. The lowest BCUT2D eigenvalue weighted by atomic mass is 9.78. The van der Waals surface area contributed by atoms with Gasteiger partial charge in [0.15, 0.2) is 0 Å². The average molecular weight is 764 g/mol. The van der Waals surface area contributed by atoms with E-state index in [1.807, 2.05) is 38.8 Å². The van der Waals surface area contributed by atoms with Gasteiger partial charge in [-0.3, -0.25) is 9.59 Å². The Morgan fingerprint density at radius 2 is 1.27 bits per heavy atom. The molecule has 2 aromatic heterocycles. The number of nitrogens with zero attached hydrogens (tertiary/aromatic N) is 3. The maximum atomic E-state index is 13.7. The maximum absolute atomic E-state index is 13.7. The second-order valence-electron chi connectivity index (χ2n) is 16.2. The third-order valence-electron chi connectivity index (χ3n) is 12.1. The fraction of sp³-hybridized carbons (Fsp3) is 0.488. The fourth-order valence-corrected chi connectivity index (χ4v) is 9.12. The van der Waals surface area contributed by atoms with Gasteiger partial charge in [-0.2, -0.15) is 0 Å². The van der Waals surface area contributed by atoms with E-state index < -0.39 is 24.1 Å². The van der Waals surface area contributed by atoms with Crippen molar-refractivity contribution in [3.8, 4) is 33.6 Å². The number of hydrogen-bond donors (Lipinski definition) is 4. The van der Waals surface area contributed by atoms with Gasteiger partial charge >= 0.3 is 12.1 Å². The van der Waals surface area contributed by atoms with Crippen LogP contribution in [-0.2, 0) is 23.9 Å². The highest BCUT2D eigenvalue weighted by Gasteiger charge is 2.53. The zero-order valence-corrected chi connectivity index (χ0v) is 33.0. The number of ether oxygens (including phenoxy) is 2. The molecule has 3 aliphatic rings. The zero-order valence-electron chi connectivity index (χ0n) is 33.0. The first-order chi connectivity index (χ1) is 27.0. The number of hydrogen-bond acceptors (Lipinski definition) is 8. The van der Waals surface area contributed by atoms with E-state index in [1.54, 1.807) is 6.20 Å². The Labute approximate surface area is 327 Å². The van der Waals surface area contributed by atoms with Crippen molar-refractivity contribution in [2.75, 3.05) is 20.8 Å². The summed E-state index contributed by atoms with van der Waals surface area (Å²) in [6.07, 6.45) is 7.76. The molecule has 3 heterocycles. The molecule has 7 rings (SSSR count). The zero-order chi connectivity index (χ0) is 39.7. The van der Waals surface area contributed by atoms with Crippen LogP contribution < -0.4 is 10.6 Å². The summed E-state index contributed by atoms with van der Waals surface area (Å²) in [6, 6.07) is 15.1. The minimum atomic E-state index is -0.685. The number of carbonyl (C=O) groups excluding carboxylic acids is 4. The largest absolute Gasteiger partial charge is 0.467 e. The molecular weight excluding hydrogens is 711 g/mol. The van der Waals surface area contributed by atoms with Crippen molar-refractivity contribution in [2.45, 2.75) is 83.8 Å². The van der Waals surface area contributed by atoms with Crippen LogP contribution in [0.1, 0.15) is 83.4 Å². The van der Waals surface area contributed by atoms with Gasteiger partial charge in [0.05, 0.1) is 50.0 Å². The quantitative estimate of drug-likeness (QED) is 0.117. The van der Waals surface area contributed by atoms with Crippen LogP contribution in [0.25, 0.3) is 33.6 Å². The summed E-state index contributed by atoms with van der Waals surface area (Å²) < 4.78 is 9.73. The molecule has 3 amide bonds. The van der Waals surface area contributed by atoms with E-state index in [4.69, 9.17) is 14.5 Å². The number of carbonyl (C=O) groups is 4. The van der Waals surface area contributed by atoms with Crippen LogP contribution >= 0.6 is 0 Å². The van der Waals surface area contributed by atoms with Crippen LogP contribution in [0.5, 0.6) is 0 Å². The van der Waals surface area contributed by atoms with Crippen molar-refractivity contribution in [3.05, 3.63) is 72.6 Å². The van der Waals surface area contributed by atoms with Gasteiger partial charge in [0.1, 0.15) is 23.7 Å². The molecule has 7 atom stereocenters. The molecule has 56 heavy (non-hydrogen) atoms. The van der Waals surface area contributed by atoms with E-state index in [2.05, 4.69) is 74.1 Å². The van der Waals surface area contributed by atoms with Crippen LogP contribution in [0.15, 0.2) is 60.9 Å². The first kappa shape index (κ1) is 38.8. The SMILES string of the molecule is COC(=O)N[C@H](C(=O)N1CCC[C@H]1c1ncc(-c2ccc(-c3ccc(-c4cnc([C@@H]5[C@H]6CC[C@H](C6)[C@H]5C(=O)N[C@H](C(=O)OC)C(C)C)[nH]4)cc3)cc2)[nH]1)C(C)C. The summed E-state index contributed by atoms with van der Waals surface area (Å²) in [5, 5.41) is 5.71. The topological polar surface area (TPSA) is 171 Å². The van der Waals surface area contributed by atoms with Crippen molar-refractivity contribution in [1.29, 1.82) is 0 Å². The molecule has 0 radical (unpaired) electrons. The summed E-state index contributed by atoms with van der Waals surface area (Å²) in [5.74, 6) is 1.12. The molecule has 2 aliphatic carbocycles. The number of esters is 1. The molecular formula is C43H53N7O6. The highest BCUT2D eigenvalue weighted by molar-refractivity contribution is 5.87. The third-order valence-corrected chi connectivity index (χ3v) is 12.1. The number of aromatic amines is 2. The summed E-state index contributed by atoms with van der Waals surface area (Å²) in [7, 11) is 2.64. The minimum absolute atomic E-state index is 0.0242. The monoisotopic (exact) mass is 763 g/mol. The molecule has 4 N–H and O–H groups in total. The van der Waals surface area contributed by atoms with Crippen molar-refractivity contribution >= 4 is 23.9 Å². The smallest absolute Gasteiger partial charge is 0.407 e. The van der Waals surface area contributed by atoms with Gasteiger partial charge in [0, 0.05) is 12.5 Å². The van der Waals surface area contributed by atoms with Crippen LogP contribution in [0.3, 0.4) is 0 Å². The lowest BCUT2D eigenvalue weighted by Gasteiger charge is -2.30. The van der Waals surface area contributed by atoms with Gasteiger partial charge in [-0.05, 0) is 78.0 Å². The van der Waals surface area contributed by atoms with E-state index in [0.29, 0.717) is 12.5 Å². The first-order valence-electron chi connectivity index (χ1n) is 19.8. The number of H-pyrrole nitrogens is 2. The van der Waals surface area contributed by atoms with Gasteiger partial charge in [-0.15, -0.1) is 0 Å². The van der Waals surface area contributed by atoms with Crippen LogP contribution in [0.4, 0.5) is 4.79 Å². The Bertz CT molecular complexity index is 2040. The summed E-state index contributed by atoms with van der Waals surface area (Å²) in [5.41, 5.74) is 5.89. The van der Waals surface area contributed by atoms with Gasteiger partial charge in [0.25, 0.3) is 0 Å². The molecule has 2 bridgehead atoms. The molecule has 3 fully saturated rings. The second kappa shape index (κ2) is 16.3. The van der Waals surface area contributed by atoms with Gasteiger partial charge < -0.3 is 35.0 Å². The van der Waals surface area contributed by atoms with E-state index in [-0.39, 0.29) is 47.4 Å². The number of likely N-dealkylation sites (tertiary alicyclic amines) is 1. The predicted octanol–water partition coefficient (Wildman–Crippen LogP) is 6.62. The maximum Gasteiger partial charge on any atom is 0.407 e. The van der Waals surface area contributed by atoms with E-state index in [9.17, 15) is 19.2 Å². The molecule has 2 aromatic carbocycles. The van der Waals surface area contributed by atoms with Crippen molar-refractivity contribution < 1.29 is 28.7 Å². The van der Waals surface area contributed by atoms with Gasteiger partial charge in [-0.1, -0.05) is 76.2 Å². The van der Waals surface area contributed by atoms with E-state index in [1.165, 1.54) is 14.2 Å². The number of methoxy groups -OCH3 is 2. The molecule has 296 valence electrons. The normalized spacial score (nSPS) is 22.6. The Morgan fingerprint density at radius 3 is 1.84 bits per heavy atom. The Hall–Kier alpha value is -5.46. The number of aromatic nitrogens is 4. The number of alkyl carbamates (subject to hydrolysis) is 1. The van der Waals surface area contributed by atoms with Crippen LogP contribution in [0, 0.1) is 29.6 Å². The Balaban J connectivity index is 1.01. The number of imidazole rings is 2. The van der Waals surface area contributed by atoms with Gasteiger partial charge in [0.2, 0.25) is 11.8 Å². The average Bonchev–Trinajstić information content (AvgIpc) is 4.06. The lowest BCUT2D eigenvalue weighted by molar-refractivity contribution is -0.147. The molecule has 4 aromatic rings. The highest BCUT2D eigenvalue weighted by Crippen LogP contribution is 2.56. The standard InChI is InChI=1S/C43H53N7O6/c1-23(2)36(49-43(54)56-6)41(52)50-19-7-8-33(50)38-44-21-31(46-38)27-13-9-25(10-14-27)26-11-15-28(16-12-26)32-22-45-39(47-32)34-29-17-18-30(20-29)35(34)40(51)48-37(24(3)4)42(53)55-5/h9-16,21-24,29-30,33-37H,7-8,17-20H2,1-6H3,(H,44,46)(H,45,47)(H,48,51)(H,49,54)/t29-,30+,33-,34+,35+,36-,37-/m0/s1. The number of benzene rings is 2. The highest BCUT2D eigenvalue weighted by atomic mass is 16.5. The van der Waals surface area contributed by atoms with E-state index >= 15 is 0 Å². The third kappa shape index (κ3) is 7.68. The molecule has 13 nitrogen and oxygen atoms in total. The summed E-state index contributed by atoms with van der Waals surface area (Å²) in [4.78, 5) is 69.9. The summed E-state index contributed by atoms with van der Waals surface area (Å²) in [6.45, 7) is 8.22. The Kier molecular flexibility index (Phi) is 11.3. The van der Waals surface area contributed by atoms with Gasteiger partial charge in [-0.25, -0.2) is 19.6 Å². The predicted molar refractivity (Wildman–Crippen MR) is 211 cm³/mol. The molecule has 1 aliphatic heterocycles. The molecule has 13 heteroatoms. The first-order valence-corrected chi connectivity index (χ1v) is 19.8. The Morgan fingerprint density at radius 1 is 0.714 bits per heavy atom. The molecule has 2 saturated carbocycles. The summed E-state index contributed by atoms with van der Waals surface area (Å²) >= 11 is 0. The fourth-order valence-electron chi connectivity index (χ4n) is 9.12. The van der Waals surface area contributed by atoms with Crippen LogP contribution in [0.2, 0.25) is 0 Å². The molecule has 1 saturated heterocycles. The molecule has 0 spiro atoms. The lowest BCUT2D eigenvalue weighted by Crippen LogP contribution is -2.51. The number of nitrogens with one attached hydrogen (secondary N) is 4. The number of rotatable bonds is 12. The van der Waals surface area contributed by atoms with Crippen LogP contribution in [-0.4, -0.2) is 81.6 Å². The molecule has 0 unspecified atom stereocenters. The van der Waals surface area contributed by atoms with Crippen molar-refractivity contribution in [3.63, 3.8) is 0 Å². The second-order valence-corrected chi connectivity index (χ2v) is 16.2. The number of amides is 3. The number of fused-ring (bicyclic) bond motifs is 2. The van der Waals surface area contributed by atoms with E-state index in [0.717, 1.165) is 77.4 Å².